The third kappa shape index (κ3) is 5.13. The Labute approximate surface area is 108 Å². The summed E-state index contributed by atoms with van der Waals surface area (Å²) in [6.07, 6.45) is 0.811. The summed E-state index contributed by atoms with van der Waals surface area (Å²) in [4.78, 5) is 42.5. The Morgan fingerprint density at radius 1 is 0.889 bits per heavy atom. The predicted octanol–water partition coefficient (Wildman–Crippen LogP) is 0.229. The van der Waals surface area contributed by atoms with Gasteiger partial charge in [0.05, 0.1) is 0 Å². The van der Waals surface area contributed by atoms with Crippen molar-refractivity contribution in [2.24, 2.45) is 0 Å². The van der Waals surface area contributed by atoms with Crippen LogP contribution < -0.4 is 14.9 Å². The van der Waals surface area contributed by atoms with E-state index in [-0.39, 0.29) is 37.0 Å². The summed E-state index contributed by atoms with van der Waals surface area (Å²) in [6, 6.07) is 0. The molecule has 0 aromatic rings. The summed E-state index contributed by atoms with van der Waals surface area (Å²) >= 11 is 0. The SMILES string of the molecule is C=C[Si](NC(=O)CC)(NC(=O)CC)NC(=O)CC. The number of rotatable bonds is 7. The first kappa shape index (κ1) is 16.4. The third-order valence-corrected chi connectivity index (χ3v) is 4.91. The van der Waals surface area contributed by atoms with E-state index in [4.69, 9.17) is 0 Å². The van der Waals surface area contributed by atoms with E-state index in [2.05, 4.69) is 21.5 Å². The van der Waals surface area contributed by atoms with Crippen molar-refractivity contribution in [3.63, 3.8) is 0 Å². The highest BCUT2D eigenvalue weighted by Gasteiger charge is 2.36. The minimum Gasteiger partial charge on any atom is -0.345 e. The van der Waals surface area contributed by atoms with E-state index >= 15 is 0 Å². The maximum absolute atomic E-state index is 11.5. The van der Waals surface area contributed by atoms with Crippen LogP contribution in [0.3, 0.4) is 0 Å². The number of hydrogen-bond donors (Lipinski definition) is 3. The van der Waals surface area contributed by atoms with Crippen LogP contribution in [-0.4, -0.2) is 26.3 Å². The van der Waals surface area contributed by atoms with Crippen LogP contribution in [0.4, 0.5) is 0 Å². The monoisotopic (exact) mass is 271 g/mol. The Morgan fingerprint density at radius 3 is 1.33 bits per heavy atom. The fourth-order valence-electron chi connectivity index (χ4n) is 1.17. The molecule has 0 saturated carbocycles. The molecule has 3 N–H and O–H groups in total. The molecule has 0 aromatic carbocycles. The van der Waals surface area contributed by atoms with E-state index in [9.17, 15) is 14.4 Å². The predicted molar refractivity (Wildman–Crippen MR) is 71.3 cm³/mol. The second kappa shape index (κ2) is 7.65. The van der Waals surface area contributed by atoms with Crippen molar-refractivity contribution in [1.29, 1.82) is 0 Å². The molecular formula is C11H21N3O3Si. The van der Waals surface area contributed by atoms with Crippen LogP contribution >= 0.6 is 0 Å². The van der Waals surface area contributed by atoms with Crippen LogP contribution in [0, 0.1) is 0 Å². The Kier molecular flexibility index (Phi) is 6.95. The first-order valence-corrected chi connectivity index (χ1v) is 8.07. The van der Waals surface area contributed by atoms with Crippen LogP contribution in [0.5, 0.6) is 0 Å². The molecule has 0 aliphatic heterocycles. The molecule has 0 saturated heterocycles. The molecule has 0 bridgehead atoms. The summed E-state index contributed by atoms with van der Waals surface area (Å²) in [6.45, 7) is 8.70. The molecule has 0 unspecified atom stereocenters. The fraction of sp³-hybridized carbons (Fsp3) is 0.545. The molecule has 7 heteroatoms. The molecule has 102 valence electrons. The molecule has 0 atom stereocenters. The van der Waals surface area contributed by atoms with E-state index in [0.717, 1.165) is 0 Å². The molecule has 0 heterocycles. The lowest BCUT2D eigenvalue weighted by Crippen LogP contribution is -2.74. The highest BCUT2D eigenvalue weighted by Crippen LogP contribution is 1.95. The molecule has 0 aromatic heterocycles. The number of carbonyl (C=O) groups excluding carboxylic acids is 3. The van der Waals surface area contributed by atoms with Gasteiger partial charge in [0.15, 0.2) is 0 Å². The quantitative estimate of drug-likeness (QED) is 0.579. The third-order valence-electron chi connectivity index (χ3n) is 2.28. The molecule has 0 rings (SSSR count). The van der Waals surface area contributed by atoms with Gasteiger partial charge in [-0.25, -0.2) is 0 Å². The largest absolute Gasteiger partial charge is 0.405 e. The molecule has 3 amide bonds. The van der Waals surface area contributed by atoms with Gasteiger partial charge in [-0.2, -0.15) is 0 Å². The van der Waals surface area contributed by atoms with Gasteiger partial charge < -0.3 is 14.9 Å². The maximum atomic E-state index is 11.5. The summed E-state index contributed by atoms with van der Waals surface area (Å²) in [5.74, 6) is -0.724. The Bertz CT molecular complexity index is 299. The molecule has 6 nitrogen and oxygen atoms in total. The van der Waals surface area contributed by atoms with Crippen molar-refractivity contribution < 1.29 is 14.4 Å². The van der Waals surface area contributed by atoms with Gasteiger partial charge in [-0.15, -0.1) is 6.58 Å². The van der Waals surface area contributed by atoms with Gasteiger partial charge in [0, 0.05) is 19.3 Å². The minimum atomic E-state index is -3.06. The highest BCUT2D eigenvalue weighted by molar-refractivity contribution is 6.83. The molecule has 0 fully saturated rings. The molecule has 0 aliphatic rings. The molecule has 0 radical (unpaired) electrons. The van der Waals surface area contributed by atoms with E-state index in [1.165, 1.54) is 5.70 Å². The summed E-state index contributed by atoms with van der Waals surface area (Å²) in [7, 11) is -3.06. The summed E-state index contributed by atoms with van der Waals surface area (Å²) in [5.41, 5.74) is 1.43. The number of hydrogen-bond acceptors (Lipinski definition) is 3. The zero-order valence-corrected chi connectivity index (χ0v) is 12.1. The van der Waals surface area contributed by atoms with Gasteiger partial charge in [0.25, 0.3) is 0 Å². The van der Waals surface area contributed by atoms with Crippen LogP contribution in [0.2, 0.25) is 0 Å². The lowest BCUT2D eigenvalue weighted by atomic mass is 10.5. The molecule has 0 aliphatic carbocycles. The Hall–Kier alpha value is -1.63. The average Bonchev–Trinajstić information content (AvgIpc) is 2.37. The van der Waals surface area contributed by atoms with Crippen LogP contribution in [0.1, 0.15) is 40.0 Å². The second-order valence-electron chi connectivity index (χ2n) is 3.72. The zero-order valence-electron chi connectivity index (χ0n) is 11.1. The molecule has 0 spiro atoms. The average molecular weight is 271 g/mol. The van der Waals surface area contributed by atoms with Crippen molar-refractivity contribution in [3.8, 4) is 0 Å². The van der Waals surface area contributed by atoms with E-state index in [0.29, 0.717) is 0 Å². The van der Waals surface area contributed by atoms with Crippen molar-refractivity contribution >= 4 is 26.3 Å². The van der Waals surface area contributed by atoms with Crippen molar-refractivity contribution in [1.82, 2.24) is 14.9 Å². The van der Waals surface area contributed by atoms with Crippen LogP contribution in [-0.2, 0) is 14.4 Å². The van der Waals surface area contributed by atoms with E-state index < -0.39 is 8.56 Å². The van der Waals surface area contributed by atoms with E-state index in [1.807, 2.05) is 0 Å². The van der Waals surface area contributed by atoms with Crippen molar-refractivity contribution in [3.05, 3.63) is 12.3 Å². The standard InChI is InChI=1S/C11H21N3O3Si/c1-5-9(15)12-18(8-4,13-10(16)6-2)14-11(17)7-3/h8H,4-7H2,1-3H3,(H,12,15)(H,13,16)(H,14,17). The first-order chi connectivity index (χ1) is 8.42. The smallest absolute Gasteiger partial charge is 0.345 e. The lowest BCUT2D eigenvalue weighted by molar-refractivity contribution is -0.120. The summed E-state index contributed by atoms with van der Waals surface area (Å²) < 4.78 is 0. The highest BCUT2D eigenvalue weighted by atomic mass is 28.4. The number of amides is 3. The second-order valence-corrected chi connectivity index (χ2v) is 6.49. The van der Waals surface area contributed by atoms with Gasteiger partial charge in [0.1, 0.15) is 0 Å². The molecule has 18 heavy (non-hydrogen) atoms. The number of nitrogens with one attached hydrogen (secondary N) is 3. The van der Waals surface area contributed by atoms with Crippen molar-refractivity contribution in [2.75, 3.05) is 0 Å². The minimum absolute atomic E-state index is 0.241. The van der Waals surface area contributed by atoms with Gasteiger partial charge in [-0.3, -0.25) is 14.4 Å². The van der Waals surface area contributed by atoms with Gasteiger partial charge in [0.2, 0.25) is 17.7 Å². The maximum Gasteiger partial charge on any atom is 0.405 e. The zero-order chi connectivity index (χ0) is 14.2. The van der Waals surface area contributed by atoms with Gasteiger partial charge in [-0.1, -0.05) is 20.8 Å². The molecular weight excluding hydrogens is 250 g/mol. The van der Waals surface area contributed by atoms with E-state index in [1.54, 1.807) is 20.8 Å². The lowest BCUT2D eigenvalue weighted by Gasteiger charge is -2.29. The van der Waals surface area contributed by atoms with Crippen LogP contribution in [0.15, 0.2) is 12.3 Å². The van der Waals surface area contributed by atoms with Gasteiger partial charge in [-0.05, 0) is 5.70 Å². The normalized spacial score (nSPS) is 10.4. The number of carbonyl (C=O) groups is 3. The Morgan fingerprint density at radius 2 is 1.17 bits per heavy atom. The van der Waals surface area contributed by atoms with Crippen molar-refractivity contribution in [2.45, 2.75) is 40.0 Å². The summed E-state index contributed by atoms with van der Waals surface area (Å²) in [5, 5.41) is 0. The van der Waals surface area contributed by atoms with Gasteiger partial charge >= 0.3 is 8.56 Å². The van der Waals surface area contributed by atoms with Crippen LogP contribution in [0.25, 0.3) is 0 Å². The fourth-order valence-corrected chi connectivity index (χ4v) is 3.52. The Balaban J connectivity index is 5.04. The topological polar surface area (TPSA) is 87.3 Å². The first-order valence-electron chi connectivity index (χ1n) is 5.99.